The second-order valence-corrected chi connectivity index (χ2v) is 8.38. The van der Waals surface area contributed by atoms with E-state index in [1.807, 2.05) is 59.4 Å². The molecule has 0 aliphatic carbocycles. The summed E-state index contributed by atoms with van der Waals surface area (Å²) < 4.78 is 20.6. The molecule has 8 heteroatoms. The van der Waals surface area contributed by atoms with Gasteiger partial charge in [-0.2, -0.15) is 0 Å². The van der Waals surface area contributed by atoms with Crippen LogP contribution < -0.4 is 4.74 Å². The standard InChI is InChI=1S/C24H21Cl2N3O3/c25-17-3-8-21(22(26)13-17)24(14-23-27-9-10-28-23)31-16-20(32-24)15-30-19-6-4-18(5-7-19)29-11-1-2-12-29/h1-13,20H,14-16H2,(H,27,28)/t20-,24-/m1/s1. The van der Waals surface area contributed by atoms with Crippen molar-refractivity contribution in [3.63, 3.8) is 0 Å². The summed E-state index contributed by atoms with van der Waals surface area (Å²) in [7, 11) is 0. The lowest BCUT2D eigenvalue weighted by atomic mass is 10.0. The summed E-state index contributed by atoms with van der Waals surface area (Å²) in [6, 6.07) is 17.2. The molecule has 2 aromatic carbocycles. The molecule has 1 fully saturated rings. The molecule has 0 spiro atoms. The maximum atomic E-state index is 6.51. The molecule has 2 atom stereocenters. The zero-order valence-corrected chi connectivity index (χ0v) is 18.6. The van der Waals surface area contributed by atoms with Gasteiger partial charge >= 0.3 is 0 Å². The van der Waals surface area contributed by atoms with Crippen molar-refractivity contribution >= 4 is 23.2 Å². The highest BCUT2D eigenvalue weighted by Gasteiger charge is 2.45. The van der Waals surface area contributed by atoms with Crippen LogP contribution >= 0.6 is 23.2 Å². The average Bonchev–Trinajstić information content (AvgIpc) is 3.56. The third-order valence-electron chi connectivity index (χ3n) is 5.33. The molecule has 0 bridgehead atoms. The highest BCUT2D eigenvalue weighted by Crippen LogP contribution is 2.41. The average molecular weight is 470 g/mol. The number of imidazole rings is 1. The van der Waals surface area contributed by atoms with Gasteiger partial charge in [0.2, 0.25) is 5.79 Å². The van der Waals surface area contributed by atoms with Gasteiger partial charge in [0.25, 0.3) is 0 Å². The first-order valence-corrected chi connectivity index (χ1v) is 11.0. The van der Waals surface area contributed by atoms with Crippen LogP contribution in [0.15, 0.2) is 79.4 Å². The molecule has 32 heavy (non-hydrogen) atoms. The lowest BCUT2D eigenvalue weighted by molar-refractivity contribution is -0.179. The Morgan fingerprint density at radius 3 is 2.66 bits per heavy atom. The molecule has 1 aliphatic rings. The predicted molar refractivity (Wildman–Crippen MR) is 123 cm³/mol. The number of halogens is 2. The maximum Gasteiger partial charge on any atom is 0.204 e. The largest absolute Gasteiger partial charge is 0.491 e. The van der Waals surface area contributed by atoms with Gasteiger partial charge in [0.1, 0.15) is 24.3 Å². The Bertz CT molecular complexity index is 1160. The van der Waals surface area contributed by atoms with Crippen molar-refractivity contribution in [1.82, 2.24) is 14.5 Å². The second kappa shape index (κ2) is 9.00. The molecule has 6 nitrogen and oxygen atoms in total. The van der Waals surface area contributed by atoms with E-state index in [9.17, 15) is 0 Å². The Labute approximate surface area is 195 Å². The van der Waals surface area contributed by atoms with Crippen LogP contribution in [-0.2, 0) is 21.7 Å². The molecule has 0 amide bonds. The summed E-state index contributed by atoms with van der Waals surface area (Å²) in [5.41, 5.74) is 1.77. The Hall–Kier alpha value is -2.77. The first kappa shape index (κ1) is 21.1. The van der Waals surface area contributed by atoms with Gasteiger partial charge in [0.05, 0.1) is 18.1 Å². The van der Waals surface area contributed by atoms with Crippen LogP contribution in [0.4, 0.5) is 0 Å². The van der Waals surface area contributed by atoms with E-state index < -0.39 is 5.79 Å². The van der Waals surface area contributed by atoms with Gasteiger partial charge in [0.15, 0.2) is 0 Å². The zero-order chi connectivity index (χ0) is 22.0. The van der Waals surface area contributed by atoms with Gasteiger partial charge in [0, 0.05) is 41.1 Å². The van der Waals surface area contributed by atoms with E-state index in [0.717, 1.165) is 17.3 Å². The van der Waals surface area contributed by atoms with Crippen molar-refractivity contribution in [3.8, 4) is 11.4 Å². The van der Waals surface area contributed by atoms with Gasteiger partial charge in [-0.25, -0.2) is 4.98 Å². The van der Waals surface area contributed by atoms with Crippen LogP contribution in [0, 0.1) is 0 Å². The summed E-state index contributed by atoms with van der Waals surface area (Å²) >= 11 is 12.6. The van der Waals surface area contributed by atoms with Gasteiger partial charge in [-0.15, -0.1) is 0 Å². The summed E-state index contributed by atoms with van der Waals surface area (Å²) in [5.74, 6) is 0.419. The van der Waals surface area contributed by atoms with Gasteiger partial charge in [-0.1, -0.05) is 29.3 Å². The topological polar surface area (TPSA) is 61.3 Å². The van der Waals surface area contributed by atoms with Gasteiger partial charge < -0.3 is 23.8 Å². The number of aromatic nitrogens is 3. The van der Waals surface area contributed by atoms with E-state index in [1.54, 1.807) is 24.5 Å². The molecule has 4 aromatic rings. The Kier molecular flexibility index (Phi) is 5.93. The van der Waals surface area contributed by atoms with Crippen molar-refractivity contribution in [2.75, 3.05) is 13.2 Å². The second-order valence-electron chi connectivity index (χ2n) is 7.54. The van der Waals surface area contributed by atoms with E-state index in [2.05, 4.69) is 9.97 Å². The third-order valence-corrected chi connectivity index (χ3v) is 5.88. The lowest BCUT2D eigenvalue weighted by Gasteiger charge is -2.29. The first-order chi connectivity index (χ1) is 15.6. The molecule has 1 N–H and O–H groups in total. The van der Waals surface area contributed by atoms with E-state index in [1.165, 1.54) is 0 Å². The fourth-order valence-electron chi connectivity index (χ4n) is 3.80. The fraction of sp³-hybridized carbons (Fsp3) is 0.208. The molecule has 0 radical (unpaired) electrons. The van der Waals surface area contributed by atoms with E-state index >= 15 is 0 Å². The monoisotopic (exact) mass is 469 g/mol. The molecular formula is C24H21Cl2N3O3. The summed E-state index contributed by atoms with van der Waals surface area (Å²) in [6.07, 6.45) is 7.56. The molecule has 1 aliphatic heterocycles. The SMILES string of the molecule is Clc1ccc([C@]2(Cc3ncc[nH]3)OC[C@@H](COc3ccc(-n4cccc4)cc3)O2)c(Cl)c1. The Balaban J connectivity index is 1.30. The number of benzene rings is 2. The predicted octanol–water partition coefficient (Wildman–Crippen LogP) is 5.40. The van der Waals surface area contributed by atoms with Crippen LogP contribution in [0.1, 0.15) is 11.4 Å². The summed E-state index contributed by atoms with van der Waals surface area (Å²) in [6.45, 7) is 0.703. The van der Waals surface area contributed by atoms with Crippen molar-refractivity contribution < 1.29 is 14.2 Å². The number of ether oxygens (including phenoxy) is 3. The minimum atomic E-state index is -1.08. The maximum absolute atomic E-state index is 6.51. The quantitative estimate of drug-likeness (QED) is 0.393. The Morgan fingerprint density at radius 2 is 1.94 bits per heavy atom. The number of nitrogens with zero attached hydrogens (tertiary/aromatic N) is 2. The minimum absolute atomic E-state index is 0.277. The van der Waals surface area contributed by atoms with Crippen molar-refractivity contribution in [3.05, 3.63) is 101 Å². The highest BCUT2D eigenvalue weighted by atomic mass is 35.5. The van der Waals surface area contributed by atoms with Gasteiger partial charge in [-0.3, -0.25) is 0 Å². The molecule has 1 saturated heterocycles. The number of aromatic amines is 1. The molecule has 0 saturated carbocycles. The van der Waals surface area contributed by atoms with E-state index in [4.69, 9.17) is 37.4 Å². The molecular weight excluding hydrogens is 449 g/mol. The van der Waals surface area contributed by atoms with Crippen molar-refractivity contribution in [1.29, 1.82) is 0 Å². The van der Waals surface area contributed by atoms with Crippen LogP contribution in [0.2, 0.25) is 10.0 Å². The van der Waals surface area contributed by atoms with Crippen molar-refractivity contribution in [2.24, 2.45) is 0 Å². The number of rotatable bonds is 7. The van der Waals surface area contributed by atoms with Crippen LogP contribution in [0.3, 0.4) is 0 Å². The summed E-state index contributed by atoms with van der Waals surface area (Å²) in [5, 5.41) is 1.03. The number of H-pyrrole nitrogens is 1. The van der Waals surface area contributed by atoms with Crippen LogP contribution in [0.5, 0.6) is 5.75 Å². The summed E-state index contributed by atoms with van der Waals surface area (Å²) in [4.78, 5) is 7.43. The number of nitrogens with one attached hydrogen (secondary N) is 1. The van der Waals surface area contributed by atoms with Crippen molar-refractivity contribution in [2.45, 2.75) is 18.3 Å². The zero-order valence-electron chi connectivity index (χ0n) is 17.1. The molecule has 164 valence electrons. The smallest absolute Gasteiger partial charge is 0.204 e. The fourth-order valence-corrected chi connectivity index (χ4v) is 4.35. The first-order valence-electron chi connectivity index (χ1n) is 10.2. The van der Waals surface area contributed by atoms with E-state index in [-0.39, 0.29) is 6.10 Å². The van der Waals surface area contributed by atoms with Gasteiger partial charge in [-0.05, 0) is 48.5 Å². The normalized spacial score (nSPS) is 20.5. The minimum Gasteiger partial charge on any atom is -0.491 e. The highest BCUT2D eigenvalue weighted by molar-refractivity contribution is 6.35. The molecule has 5 rings (SSSR count). The number of hydrogen-bond acceptors (Lipinski definition) is 4. The lowest BCUT2D eigenvalue weighted by Crippen LogP contribution is -2.33. The van der Waals surface area contributed by atoms with Crippen LogP contribution in [-0.4, -0.2) is 33.9 Å². The van der Waals surface area contributed by atoms with Crippen LogP contribution in [0.25, 0.3) is 5.69 Å². The third kappa shape index (κ3) is 4.40. The molecule has 3 heterocycles. The number of hydrogen-bond donors (Lipinski definition) is 1. The Morgan fingerprint density at radius 1 is 1.12 bits per heavy atom. The molecule has 2 aromatic heterocycles. The molecule has 0 unspecified atom stereocenters. The van der Waals surface area contributed by atoms with E-state index in [0.29, 0.717) is 35.2 Å².